The first-order valence-electron chi connectivity index (χ1n) is 11.0. The van der Waals surface area contributed by atoms with E-state index in [2.05, 4.69) is 15.3 Å². The van der Waals surface area contributed by atoms with E-state index in [0.717, 1.165) is 0 Å². The number of para-hydroxylation sites is 1. The molecule has 0 saturated carbocycles. The highest BCUT2D eigenvalue weighted by Crippen LogP contribution is 2.38. The number of pyridine rings is 2. The lowest BCUT2D eigenvalue weighted by Gasteiger charge is -2.21. The molecule has 2 amide bonds. The molecule has 10 nitrogen and oxygen atoms in total. The predicted molar refractivity (Wildman–Crippen MR) is 135 cm³/mol. The van der Waals surface area contributed by atoms with Gasteiger partial charge in [0.05, 0.1) is 17.4 Å². The largest absolute Gasteiger partial charge is 0.454 e. The molecule has 0 spiro atoms. The molecule has 186 valence electrons. The number of amides is 2. The second kappa shape index (κ2) is 10.0. The van der Waals surface area contributed by atoms with Crippen LogP contribution in [0.25, 0.3) is 0 Å². The number of hydrogen-bond donors (Lipinski definition) is 1. The Hall–Kier alpha value is -4.83. The van der Waals surface area contributed by atoms with Crippen LogP contribution < -0.4 is 29.2 Å². The summed E-state index contributed by atoms with van der Waals surface area (Å²) in [5.74, 6) is 1.99. The summed E-state index contributed by atoms with van der Waals surface area (Å²) in [6.07, 6.45) is 3.03. The lowest BCUT2D eigenvalue weighted by Crippen LogP contribution is -2.37. The minimum Gasteiger partial charge on any atom is -0.454 e. The molecule has 2 aliphatic heterocycles. The zero-order chi connectivity index (χ0) is 24.5. The number of benzene rings is 2. The van der Waals surface area contributed by atoms with Crippen molar-refractivity contribution >= 4 is 35.6 Å². The maximum absolute atomic E-state index is 13.3. The number of halogens is 1. The summed E-state index contributed by atoms with van der Waals surface area (Å²) in [6.45, 7) is -0.0687. The van der Waals surface area contributed by atoms with Crippen molar-refractivity contribution in [3.63, 3.8) is 0 Å². The van der Waals surface area contributed by atoms with Crippen molar-refractivity contribution in [3.05, 3.63) is 84.7 Å². The van der Waals surface area contributed by atoms with E-state index in [-0.39, 0.29) is 37.5 Å². The fourth-order valence-electron chi connectivity index (χ4n) is 3.83. The van der Waals surface area contributed by atoms with Gasteiger partial charge in [0.15, 0.2) is 11.5 Å². The van der Waals surface area contributed by atoms with Crippen molar-refractivity contribution in [3.8, 4) is 34.8 Å². The Balaban J connectivity index is 0.00000280. The van der Waals surface area contributed by atoms with Crippen LogP contribution in [-0.2, 0) is 4.79 Å². The molecular formula is C26H19ClN4O6. The van der Waals surface area contributed by atoms with Crippen molar-refractivity contribution in [2.75, 3.05) is 23.6 Å². The number of hydrogen-bond acceptors (Lipinski definition) is 8. The van der Waals surface area contributed by atoms with Crippen LogP contribution in [0, 0.1) is 0 Å². The average Bonchev–Trinajstić information content (AvgIpc) is 3.33. The number of fused-ring (bicyclic) bond motifs is 3. The number of nitrogens with one attached hydrogen (secondary N) is 1. The van der Waals surface area contributed by atoms with Gasteiger partial charge in [-0.15, -0.1) is 12.4 Å². The van der Waals surface area contributed by atoms with Gasteiger partial charge in [-0.25, -0.2) is 9.97 Å². The molecule has 0 bridgehead atoms. The van der Waals surface area contributed by atoms with E-state index < -0.39 is 5.91 Å². The van der Waals surface area contributed by atoms with Crippen LogP contribution in [0.4, 0.5) is 11.4 Å². The van der Waals surface area contributed by atoms with E-state index >= 15 is 0 Å². The number of anilines is 2. The number of ether oxygens (including phenoxy) is 4. The molecule has 2 aromatic heterocycles. The van der Waals surface area contributed by atoms with Crippen LogP contribution >= 0.6 is 12.4 Å². The Bertz CT molecular complexity index is 1480. The van der Waals surface area contributed by atoms with Gasteiger partial charge in [0, 0.05) is 18.3 Å². The topological polar surface area (TPSA) is 112 Å². The van der Waals surface area contributed by atoms with E-state index in [1.807, 2.05) is 0 Å². The molecule has 0 saturated heterocycles. The standard InChI is InChI=1S/C26H18N4O6.ClH/c31-23(14-30-19-5-3-11-27-25(19)36-20-6-2-1-4-18(20)26(30)32)29-16-7-10-24(28-13-16)35-17-8-9-21-22(12-17)34-15-33-21;/h1-13H,14-15H2,(H,29,31);1H. The van der Waals surface area contributed by atoms with Gasteiger partial charge in [-0.2, -0.15) is 0 Å². The van der Waals surface area contributed by atoms with E-state index in [1.54, 1.807) is 72.9 Å². The summed E-state index contributed by atoms with van der Waals surface area (Å²) in [6, 6.07) is 18.7. The monoisotopic (exact) mass is 518 g/mol. The molecule has 4 heterocycles. The lowest BCUT2D eigenvalue weighted by molar-refractivity contribution is -0.114. The van der Waals surface area contributed by atoms with Crippen LogP contribution in [0.3, 0.4) is 0 Å². The maximum atomic E-state index is 13.3. The Labute approximate surface area is 217 Å². The smallest absolute Gasteiger partial charge is 0.262 e. The molecule has 1 N–H and O–H groups in total. The van der Waals surface area contributed by atoms with Gasteiger partial charge in [0.2, 0.25) is 24.5 Å². The highest BCUT2D eigenvalue weighted by Gasteiger charge is 2.30. The number of rotatable bonds is 5. The second-order valence-electron chi connectivity index (χ2n) is 7.87. The summed E-state index contributed by atoms with van der Waals surface area (Å²) in [4.78, 5) is 36.0. The van der Waals surface area contributed by atoms with Crippen molar-refractivity contribution < 1.29 is 28.5 Å². The van der Waals surface area contributed by atoms with Gasteiger partial charge in [-0.05, 0) is 42.5 Å². The number of carbonyl (C=O) groups is 2. The average molecular weight is 519 g/mol. The van der Waals surface area contributed by atoms with Gasteiger partial charge in [-0.3, -0.25) is 14.5 Å². The normalized spacial score (nSPS) is 12.9. The molecule has 2 aliphatic rings. The van der Waals surface area contributed by atoms with E-state index in [9.17, 15) is 9.59 Å². The molecule has 37 heavy (non-hydrogen) atoms. The van der Waals surface area contributed by atoms with Gasteiger partial charge < -0.3 is 24.3 Å². The molecule has 0 aliphatic carbocycles. The number of carbonyl (C=O) groups excluding carboxylic acids is 2. The molecular weight excluding hydrogens is 500 g/mol. The summed E-state index contributed by atoms with van der Waals surface area (Å²) in [7, 11) is 0. The molecule has 0 fully saturated rings. The molecule has 0 unspecified atom stereocenters. The molecule has 0 radical (unpaired) electrons. The Morgan fingerprint density at radius 3 is 2.70 bits per heavy atom. The second-order valence-corrected chi connectivity index (χ2v) is 7.87. The number of aromatic nitrogens is 2. The molecule has 2 aromatic carbocycles. The van der Waals surface area contributed by atoms with Gasteiger partial charge in [0.1, 0.15) is 23.7 Å². The third-order valence-electron chi connectivity index (χ3n) is 5.50. The first-order chi connectivity index (χ1) is 17.6. The van der Waals surface area contributed by atoms with Crippen LogP contribution in [0.5, 0.6) is 34.8 Å². The Kier molecular flexibility index (Phi) is 6.48. The van der Waals surface area contributed by atoms with Crippen LogP contribution in [0.15, 0.2) is 79.1 Å². The quantitative estimate of drug-likeness (QED) is 0.400. The minimum absolute atomic E-state index is 0. The molecule has 6 rings (SSSR count). The van der Waals surface area contributed by atoms with Crippen LogP contribution in [0.1, 0.15) is 10.4 Å². The third-order valence-corrected chi connectivity index (χ3v) is 5.50. The predicted octanol–water partition coefficient (Wildman–Crippen LogP) is 4.81. The summed E-state index contributed by atoms with van der Waals surface area (Å²) in [5, 5.41) is 2.76. The van der Waals surface area contributed by atoms with Crippen molar-refractivity contribution in [1.82, 2.24) is 9.97 Å². The zero-order valence-corrected chi connectivity index (χ0v) is 19.9. The first-order valence-corrected chi connectivity index (χ1v) is 11.0. The Morgan fingerprint density at radius 2 is 1.84 bits per heavy atom. The summed E-state index contributed by atoms with van der Waals surface area (Å²) < 4.78 is 22.2. The van der Waals surface area contributed by atoms with E-state index in [1.165, 1.54) is 11.1 Å². The van der Waals surface area contributed by atoms with Gasteiger partial charge in [-0.1, -0.05) is 12.1 Å². The van der Waals surface area contributed by atoms with Crippen molar-refractivity contribution in [1.29, 1.82) is 0 Å². The Morgan fingerprint density at radius 1 is 0.973 bits per heavy atom. The summed E-state index contributed by atoms with van der Waals surface area (Å²) >= 11 is 0. The number of nitrogens with zero attached hydrogens (tertiary/aromatic N) is 3. The van der Waals surface area contributed by atoms with E-state index in [0.29, 0.717) is 45.8 Å². The molecule has 4 aromatic rings. The van der Waals surface area contributed by atoms with Gasteiger partial charge in [0.25, 0.3) is 5.91 Å². The van der Waals surface area contributed by atoms with Crippen LogP contribution in [-0.4, -0.2) is 35.1 Å². The lowest BCUT2D eigenvalue weighted by atomic mass is 10.1. The zero-order valence-electron chi connectivity index (χ0n) is 19.1. The minimum atomic E-state index is -0.413. The van der Waals surface area contributed by atoms with Gasteiger partial charge >= 0.3 is 0 Å². The third kappa shape index (κ3) is 4.82. The highest BCUT2D eigenvalue weighted by atomic mass is 35.5. The highest BCUT2D eigenvalue weighted by molar-refractivity contribution is 6.12. The van der Waals surface area contributed by atoms with Crippen molar-refractivity contribution in [2.24, 2.45) is 0 Å². The van der Waals surface area contributed by atoms with Crippen LogP contribution in [0.2, 0.25) is 0 Å². The molecule has 11 heteroatoms. The fraction of sp³-hybridized carbons (Fsp3) is 0.0769. The maximum Gasteiger partial charge on any atom is 0.262 e. The van der Waals surface area contributed by atoms with E-state index in [4.69, 9.17) is 18.9 Å². The van der Waals surface area contributed by atoms with Crippen molar-refractivity contribution in [2.45, 2.75) is 0 Å². The summed E-state index contributed by atoms with van der Waals surface area (Å²) in [5.41, 5.74) is 1.19. The first kappa shape index (κ1) is 23.9. The fourth-order valence-corrected chi connectivity index (χ4v) is 3.83. The molecule has 0 atom stereocenters. The SMILES string of the molecule is Cl.O=C(CN1C(=O)c2ccccc2Oc2ncccc21)Nc1ccc(Oc2ccc3c(c2)OCO3)nc1.